The standard InChI is InChI=1S/C4H6N2O3/c5-3(8)1-4(9)6-2-7/h2H,1H2,(H2,5,8)(H,6,7,9). The summed E-state index contributed by atoms with van der Waals surface area (Å²) >= 11 is 0. The van der Waals surface area contributed by atoms with E-state index in [0.29, 0.717) is 0 Å². The molecule has 0 heterocycles. The van der Waals surface area contributed by atoms with Crippen LogP contribution in [0.2, 0.25) is 0 Å². The zero-order valence-corrected chi connectivity index (χ0v) is 4.59. The summed E-state index contributed by atoms with van der Waals surface area (Å²) < 4.78 is 0. The van der Waals surface area contributed by atoms with Gasteiger partial charge in [-0.15, -0.1) is 0 Å². The number of hydrogen-bond donors (Lipinski definition) is 2. The van der Waals surface area contributed by atoms with Gasteiger partial charge in [-0.1, -0.05) is 0 Å². The van der Waals surface area contributed by atoms with Crippen molar-refractivity contribution < 1.29 is 14.4 Å². The molecular formula is C4H6N2O3. The minimum atomic E-state index is -0.755. The van der Waals surface area contributed by atoms with Crippen LogP contribution in [0.5, 0.6) is 0 Å². The largest absolute Gasteiger partial charge is 0.369 e. The highest BCUT2D eigenvalue weighted by molar-refractivity contribution is 5.99. The predicted molar refractivity (Wildman–Crippen MR) is 28.0 cm³/mol. The molecule has 0 aliphatic carbocycles. The SMILES string of the molecule is NC(=O)CC(=O)NC=O. The van der Waals surface area contributed by atoms with Gasteiger partial charge in [0.1, 0.15) is 6.42 Å². The lowest BCUT2D eigenvalue weighted by atomic mass is 10.4. The van der Waals surface area contributed by atoms with Crippen molar-refractivity contribution in [3.63, 3.8) is 0 Å². The Morgan fingerprint density at radius 3 is 2.44 bits per heavy atom. The maximum atomic E-state index is 10.2. The lowest BCUT2D eigenvalue weighted by Gasteiger charge is -1.90. The molecule has 5 nitrogen and oxygen atoms in total. The molecule has 0 aromatic rings. The van der Waals surface area contributed by atoms with Crippen LogP contribution in [0.15, 0.2) is 0 Å². The van der Waals surface area contributed by atoms with Gasteiger partial charge in [0.05, 0.1) is 0 Å². The molecule has 0 aliphatic heterocycles. The van der Waals surface area contributed by atoms with Crippen LogP contribution in [-0.4, -0.2) is 18.2 Å². The number of imide groups is 1. The predicted octanol–water partition coefficient (Wildman–Crippen LogP) is -1.87. The van der Waals surface area contributed by atoms with E-state index in [1.807, 2.05) is 0 Å². The molecule has 3 amide bonds. The molecule has 0 aromatic carbocycles. The molecule has 0 spiro atoms. The van der Waals surface area contributed by atoms with Crippen LogP contribution in [0.1, 0.15) is 6.42 Å². The fraction of sp³-hybridized carbons (Fsp3) is 0.250. The van der Waals surface area contributed by atoms with E-state index in [9.17, 15) is 14.4 Å². The van der Waals surface area contributed by atoms with Crippen molar-refractivity contribution in [3.05, 3.63) is 0 Å². The second-order valence-electron chi connectivity index (χ2n) is 1.33. The molecular weight excluding hydrogens is 124 g/mol. The van der Waals surface area contributed by atoms with E-state index in [4.69, 9.17) is 0 Å². The number of primary amides is 1. The summed E-state index contributed by atoms with van der Waals surface area (Å²) in [5, 5.41) is 1.76. The van der Waals surface area contributed by atoms with Gasteiger partial charge in [0.15, 0.2) is 0 Å². The first kappa shape index (κ1) is 7.61. The van der Waals surface area contributed by atoms with Crippen molar-refractivity contribution in [2.24, 2.45) is 5.73 Å². The molecule has 0 radical (unpaired) electrons. The van der Waals surface area contributed by atoms with Crippen molar-refractivity contribution in [1.82, 2.24) is 5.32 Å². The van der Waals surface area contributed by atoms with Gasteiger partial charge in [0.25, 0.3) is 0 Å². The second-order valence-corrected chi connectivity index (χ2v) is 1.33. The minimum Gasteiger partial charge on any atom is -0.369 e. The molecule has 0 aromatic heterocycles. The minimum absolute atomic E-state index is 0.200. The first-order chi connectivity index (χ1) is 4.16. The number of hydrogen-bond acceptors (Lipinski definition) is 3. The molecule has 0 bridgehead atoms. The Morgan fingerprint density at radius 1 is 1.56 bits per heavy atom. The van der Waals surface area contributed by atoms with E-state index < -0.39 is 18.2 Å². The summed E-state index contributed by atoms with van der Waals surface area (Å²) in [4.78, 5) is 29.7. The van der Waals surface area contributed by atoms with E-state index >= 15 is 0 Å². The van der Waals surface area contributed by atoms with Gasteiger partial charge in [-0.3, -0.25) is 19.7 Å². The number of carbonyl (C=O) groups is 3. The molecule has 0 fully saturated rings. The highest BCUT2D eigenvalue weighted by atomic mass is 16.2. The molecule has 0 aliphatic rings. The van der Waals surface area contributed by atoms with Crippen LogP contribution in [0.4, 0.5) is 0 Å². The number of nitrogens with one attached hydrogen (secondary N) is 1. The fourth-order valence-corrected chi connectivity index (χ4v) is 0.275. The monoisotopic (exact) mass is 130 g/mol. The average molecular weight is 130 g/mol. The highest BCUT2D eigenvalue weighted by Gasteiger charge is 2.02. The van der Waals surface area contributed by atoms with Crippen molar-refractivity contribution in [3.8, 4) is 0 Å². The molecule has 3 N–H and O–H groups in total. The lowest BCUT2D eigenvalue weighted by molar-refractivity contribution is -0.129. The van der Waals surface area contributed by atoms with Gasteiger partial charge in [-0.05, 0) is 0 Å². The Labute approximate surface area is 51.2 Å². The van der Waals surface area contributed by atoms with E-state index in [0.717, 1.165) is 0 Å². The van der Waals surface area contributed by atoms with Gasteiger partial charge >= 0.3 is 0 Å². The Bertz CT molecular complexity index is 143. The Balaban J connectivity index is 3.50. The maximum absolute atomic E-state index is 10.2. The zero-order chi connectivity index (χ0) is 7.28. The Kier molecular flexibility index (Phi) is 3.04. The molecule has 0 saturated carbocycles. The molecule has 0 rings (SSSR count). The van der Waals surface area contributed by atoms with Crippen molar-refractivity contribution in [2.45, 2.75) is 6.42 Å². The second kappa shape index (κ2) is 3.59. The molecule has 0 unspecified atom stereocenters. The van der Waals surface area contributed by atoms with Gasteiger partial charge < -0.3 is 5.73 Å². The third kappa shape index (κ3) is 4.46. The van der Waals surface area contributed by atoms with Crippen LogP contribution < -0.4 is 11.1 Å². The molecule has 5 heteroatoms. The Morgan fingerprint density at radius 2 is 2.11 bits per heavy atom. The van der Waals surface area contributed by atoms with E-state index in [1.165, 1.54) is 0 Å². The van der Waals surface area contributed by atoms with Crippen molar-refractivity contribution >= 4 is 18.2 Å². The summed E-state index contributed by atoms with van der Waals surface area (Å²) in [5.41, 5.74) is 4.61. The lowest BCUT2D eigenvalue weighted by Crippen LogP contribution is -2.27. The fourth-order valence-electron chi connectivity index (χ4n) is 0.275. The third-order valence-corrected chi connectivity index (χ3v) is 0.555. The van der Waals surface area contributed by atoms with E-state index in [1.54, 1.807) is 5.32 Å². The topological polar surface area (TPSA) is 89.3 Å². The van der Waals surface area contributed by atoms with Crippen LogP contribution >= 0.6 is 0 Å². The van der Waals surface area contributed by atoms with Gasteiger partial charge in [0.2, 0.25) is 18.2 Å². The van der Waals surface area contributed by atoms with Gasteiger partial charge in [-0.25, -0.2) is 0 Å². The average Bonchev–Trinajstić information content (AvgIpc) is 1.63. The smallest absolute Gasteiger partial charge is 0.235 e. The first-order valence-electron chi connectivity index (χ1n) is 2.18. The Hall–Kier alpha value is -1.39. The summed E-state index contributed by atoms with van der Waals surface area (Å²) in [6, 6.07) is 0. The van der Waals surface area contributed by atoms with E-state index in [-0.39, 0.29) is 6.41 Å². The highest BCUT2D eigenvalue weighted by Crippen LogP contribution is 1.72. The summed E-state index contributed by atoms with van der Waals surface area (Å²) in [7, 11) is 0. The van der Waals surface area contributed by atoms with Gasteiger partial charge in [0, 0.05) is 0 Å². The zero-order valence-electron chi connectivity index (χ0n) is 4.59. The number of nitrogens with two attached hydrogens (primary N) is 1. The summed E-state index contributed by atoms with van der Waals surface area (Å²) in [6.45, 7) is 0. The maximum Gasteiger partial charge on any atom is 0.235 e. The van der Waals surface area contributed by atoms with Crippen LogP contribution in [0, 0.1) is 0 Å². The van der Waals surface area contributed by atoms with Gasteiger partial charge in [-0.2, -0.15) is 0 Å². The number of rotatable bonds is 3. The number of amides is 3. The summed E-state index contributed by atoms with van der Waals surface area (Å²) in [5.74, 6) is -1.44. The summed E-state index contributed by atoms with van der Waals surface area (Å²) in [6.07, 6.45) is -0.246. The molecule has 0 saturated heterocycles. The third-order valence-electron chi connectivity index (χ3n) is 0.555. The van der Waals surface area contributed by atoms with Crippen LogP contribution in [0.25, 0.3) is 0 Å². The molecule has 50 valence electrons. The van der Waals surface area contributed by atoms with Crippen LogP contribution in [-0.2, 0) is 14.4 Å². The molecule has 0 atom stereocenters. The van der Waals surface area contributed by atoms with Crippen molar-refractivity contribution in [2.75, 3.05) is 0 Å². The normalized spacial score (nSPS) is 8.00. The molecule has 9 heavy (non-hydrogen) atoms. The van der Waals surface area contributed by atoms with E-state index in [2.05, 4.69) is 5.73 Å². The first-order valence-corrected chi connectivity index (χ1v) is 2.18. The quantitative estimate of drug-likeness (QED) is 0.346. The van der Waals surface area contributed by atoms with Crippen LogP contribution in [0.3, 0.4) is 0 Å². The number of carbonyl (C=O) groups excluding carboxylic acids is 3. The van der Waals surface area contributed by atoms with Crippen molar-refractivity contribution in [1.29, 1.82) is 0 Å².